The number of carbonyl (C=O) groups is 2. The van der Waals surface area contributed by atoms with Crippen molar-refractivity contribution in [3.63, 3.8) is 0 Å². The number of anilines is 1. The second-order valence-corrected chi connectivity index (χ2v) is 15.3. The van der Waals surface area contributed by atoms with E-state index in [1.54, 1.807) is 30.3 Å². The summed E-state index contributed by atoms with van der Waals surface area (Å²) < 4.78 is 40.9. The van der Waals surface area contributed by atoms with Gasteiger partial charge in [-0.2, -0.15) is 0 Å². The minimum Gasteiger partial charge on any atom is -0.493 e. The molecule has 2 amide bonds. The largest absolute Gasteiger partial charge is 0.493 e. The molecule has 1 N–H and O–H groups in total. The molecule has 4 rings (SSSR count). The Morgan fingerprint density at radius 2 is 1.45 bits per heavy atom. The van der Waals surface area contributed by atoms with Crippen molar-refractivity contribution in [2.45, 2.75) is 64.1 Å². The summed E-state index contributed by atoms with van der Waals surface area (Å²) in [4.78, 5) is 30.2. The van der Waals surface area contributed by atoms with E-state index in [0.717, 1.165) is 21.0 Å². The molecule has 0 aliphatic rings. The van der Waals surface area contributed by atoms with E-state index in [2.05, 4.69) is 5.32 Å². The number of amides is 2. The summed E-state index contributed by atoms with van der Waals surface area (Å²) in [6.45, 7) is 8.73. The number of halogens is 1. The third-order valence-corrected chi connectivity index (χ3v) is 9.73. The van der Waals surface area contributed by atoms with Crippen molar-refractivity contribution in [1.29, 1.82) is 0 Å². The van der Waals surface area contributed by atoms with E-state index in [1.165, 1.54) is 37.3 Å². The molecule has 0 spiro atoms. The fraction of sp³-hybridized carbons (Fsp3) is 0.316. The summed E-state index contributed by atoms with van der Waals surface area (Å²) in [5.41, 5.74) is 2.86. The number of ether oxygens (including phenoxy) is 2. The predicted octanol–water partition coefficient (Wildman–Crippen LogP) is 6.72. The van der Waals surface area contributed by atoms with Crippen LogP contribution in [0.3, 0.4) is 0 Å². The Morgan fingerprint density at radius 3 is 2.04 bits per heavy atom. The van der Waals surface area contributed by atoms with Crippen molar-refractivity contribution in [3.8, 4) is 11.5 Å². The van der Waals surface area contributed by atoms with Crippen LogP contribution in [0.2, 0.25) is 5.02 Å². The maximum Gasteiger partial charge on any atom is 0.264 e. The topological polar surface area (TPSA) is 105 Å². The number of carbonyl (C=O) groups excluding carboxylic acids is 2. The van der Waals surface area contributed by atoms with E-state index in [9.17, 15) is 18.0 Å². The number of benzene rings is 4. The molecular weight excluding hydrogens is 662 g/mol. The molecule has 0 saturated carbocycles. The van der Waals surface area contributed by atoms with Gasteiger partial charge in [0.2, 0.25) is 11.8 Å². The molecular formula is C38H44ClN3O6S. The first-order valence-electron chi connectivity index (χ1n) is 15.8. The van der Waals surface area contributed by atoms with Gasteiger partial charge in [-0.1, -0.05) is 60.1 Å². The van der Waals surface area contributed by atoms with Gasteiger partial charge in [-0.25, -0.2) is 8.42 Å². The third-order valence-electron chi connectivity index (χ3n) is 7.73. The van der Waals surface area contributed by atoms with E-state index >= 15 is 0 Å². The maximum atomic E-state index is 14.8. The van der Waals surface area contributed by atoms with Crippen molar-refractivity contribution in [2.24, 2.45) is 0 Å². The molecule has 11 heteroatoms. The summed E-state index contributed by atoms with van der Waals surface area (Å²) >= 11 is 6.35. The summed E-state index contributed by atoms with van der Waals surface area (Å²) in [5, 5.41) is 3.50. The van der Waals surface area contributed by atoms with Crippen LogP contribution < -0.4 is 19.1 Å². The molecule has 49 heavy (non-hydrogen) atoms. The predicted molar refractivity (Wildman–Crippen MR) is 194 cm³/mol. The molecule has 0 heterocycles. The Kier molecular flexibility index (Phi) is 12.0. The van der Waals surface area contributed by atoms with Gasteiger partial charge in [-0.05, 0) is 93.3 Å². The Morgan fingerprint density at radius 1 is 0.816 bits per heavy atom. The van der Waals surface area contributed by atoms with Crippen LogP contribution >= 0.6 is 11.6 Å². The first-order chi connectivity index (χ1) is 23.1. The Labute approximate surface area is 294 Å². The molecule has 0 radical (unpaired) electrons. The minimum atomic E-state index is -4.36. The minimum absolute atomic E-state index is 0.00550. The molecule has 4 aromatic carbocycles. The van der Waals surface area contributed by atoms with Crippen LogP contribution in [0.1, 0.15) is 43.0 Å². The van der Waals surface area contributed by atoms with E-state index < -0.39 is 34.1 Å². The highest BCUT2D eigenvalue weighted by atomic mass is 35.5. The molecule has 1 unspecified atom stereocenters. The number of nitrogens with zero attached hydrogens (tertiary/aromatic N) is 2. The molecule has 4 aromatic rings. The van der Waals surface area contributed by atoms with E-state index in [0.29, 0.717) is 22.0 Å². The summed E-state index contributed by atoms with van der Waals surface area (Å²) in [6, 6.07) is 25.1. The molecule has 0 bridgehead atoms. The van der Waals surface area contributed by atoms with Gasteiger partial charge in [0.05, 0.1) is 24.8 Å². The second kappa shape index (κ2) is 15.8. The van der Waals surface area contributed by atoms with Crippen LogP contribution in [0.5, 0.6) is 11.5 Å². The second-order valence-electron chi connectivity index (χ2n) is 13.0. The van der Waals surface area contributed by atoms with Crippen LogP contribution in [0, 0.1) is 13.8 Å². The van der Waals surface area contributed by atoms with E-state index in [4.69, 9.17) is 21.1 Å². The molecule has 260 valence electrons. The lowest BCUT2D eigenvalue weighted by molar-refractivity contribution is -0.140. The fourth-order valence-corrected chi connectivity index (χ4v) is 7.19. The van der Waals surface area contributed by atoms with Crippen molar-refractivity contribution in [3.05, 3.63) is 118 Å². The molecule has 0 aliphatic carbocycles. The Balaban J connectivity index is 1.87. The van der Waals surface area contributed by atoms with E-state index in [1.807, 2.05) is 77.1 Å². The number of aryl methyl sites for hydroxylation is 2. The molecule has 9 nitrogen and oxygen atoms in total. The summed E-state index contributed by atoms with van der Waals surface area (Å²) in [6.07, 6.45) is 0.195. The standard InChI is InChI=1S/C38H44ClN3O6S/c1-26-18-27(2)20-31(19-26)42(49(45,46)32-16-17-34(47-6)35(23-32)48-7)25-36(43)41(24-29-14-11-15-30(39)21-29)33(37(44)40-38(3,4)5)22-28-12-9-8-10-13-28/h8-21,23,33H,22,24-25H2,1-7H3,(H,40,44). The van der Waals surface area contributed by atoms with Crippen LogP contribution in [0.4, 0.5) is 5.69 Å². The Hall–Kier alpha value is -4.54. The first-order valence-corrected chi connectivity index (χ1v) is 17.7. The average Bonchev–Trinajstić information content (AvgIpc) is 3.03. The quantitative estimate of drug-likeness (QED) is 0.166. The van der Waals surface area contributed by atoms with E-state index in [-0.39, 0.29) is 29.5 Å². The van der Waals surface area contributed by atoms with Crippen LogP contribution in [-0.2, 0) is 32.6 Å². The number of nitrogens with one attached hydrogen (secondary N) is 1. The third kappa shape index (κ3) is 9.77. The van der Waals surface area contributed by atoms with Gasteiger partial charge in [0.15, 0.2) is 11.5 Å². The SMILES string of the molecule is COc1ccc(S(=O)(=O)N(CC(=O)N(Cc2cccc(Cl)c2)C(Cc2ccccc2)C(=O)NC(C)(C)C)c2cc(C)cc(C)c2)cc1OC. The van der Waals surface area contributed by atoms with Crippen LogP contribution in [0.15, 0.2) is 95.9 Å². The zero-order valence-electron chi connectivity index (χ0n) is 29.0. The molecule has 0 aliphatic heterocycles. The van der Waals surface area contributed by atoms with Crippen molar-refractivity contribution < 1.29 is 27.5 Å². The molecule has 0 fully saturated rings. The highest BCUT2D eigenvalue weighted by Crippen LogP contribution is 2.33. The number of sulfonamides is 1. The molecule has 1 atom stereocenters. The number of hydrogen-bond donors (Lipinski definition) is 1. The first kappa shape index (κ1) is 37.3. The lowest BCUT2D eigenvalue weighted by Crippen LogP contribution is -2.56. The number of rotatable bonds is 13. The van der Waals surface area contributed by atoms with Gasteiger partial charge in [-0.15, -0.1) is 0 Å². The summed E-state index contributed by atoms with van der Waals surface area (Å²) in [5.74, 6) is -0.364. The monoisotopic (exact) mass is 705 g/mol. The van der Waals surface area contributed by atoms with Crippen molar-refractivity contribution in [2.75, 3.05) is 25.1 Å². The highest BCUT2D eigenvalue weighted by molar-refractivity contribution is 7.92. The Bertz CT molecular complexity index is 1870. The fourth-order valence-electron chi connectivity index (χ4n) is 5.57. The van der Waals surface area contributed by atoms with Gasteiger partial charge in [0.1, 0.15) is 12.6 Å². The van der Waals surface area contributed by atoms with Crippen molar-refractivity contribution in [1.82, 2.24) is 10.2 Å². The smallest absolute Gasteiger partial charge is 0.264 e. The van der Waals surface area contributed by atoms with Gasteiger partial charge >= 0.3 is 0 Å². The lowest BCUT2D eigenvalue weighted by Gasteiger charge is -2.35. The average molecular weight is 706 g/mol. The molecule has 0 saturated heterocycles. The zero-order valence-corrected chi connectivity index (χ0v) is 30.6. The van der Waals surface area contributed by atoms with Gasteiger partial charge in [-0.3, -0.25) is 13.9 Å². The molecule has 0 aromatic heterocycles. The normalized spacial score (nSPS) is 12.2. The zero-order chi connectivity index (χ0) is 35.9. The van der Waals surface area contributed by atoms with Crippen LogP contribution in [-0.4, -0.2) is 57.5 Å². The summed E-state index contributed by atoms with van der Waals surface area (Å²) in [7, 11) is -1.48. The number of methoxy groups -OCH3 is 2. The maximum absolute atomic E-state index is 14.8. The lowest BCUT2D eigenvalue weighted by atomic mass is 10.0. The van der Waals surface area contributed by atoms with Gasteiger partial charge < -0.3 is 19.7 Å². The van der Waals surface area contributed by atoms with Gasteiger partial charge in [0, 0.05) is 29.6 Å². The highest BCUT2D eigenvalue weighted by Gasteiger charge is 2.36. The van der Waals surface area contributed by atoms with Gasteiger partial charge in [0.25, 0.3) is 10.0 Å². The van der Waals surface area contributed by atoms with Crippen molar-refractivity contribution >= 4 is 39.1 Å². The number of hydrogen-bond acceptors (Lipinski definition) is 6. The van der Waals surface area contributed by atoms with Crippen LogP contribution in [0.25, 0.3) is 0 Å².